The first kappa shape index (κ1) is 70.0. The van der Waals surface area contributed by atoms with Crippen LogP contribution < -0.4 is 23.4 Å². The van der Waals surface area contributed by atoms with Gasteiger partial charge >= 0.3 is 18.9 Å². The fourth-order valence-electron chi connectivity index (χ4n) is 7.13. The predicted octanol–water partition coefficient (Wildman–Crippen LogP) is 22.6. The second kappa shape index (κ2) is 38.5. The summed E-state index contributed by atoms with van der Waals surface area (Å²) >= 11 is 36.3. The van der Waals surface area contributed by atoms with Gasteiger partial charge in [0.05, 0.1) is 35.2 Å². The van der Waals surface area contributed by atoms with Crippen LogP contribution >= 0.6 is 152 Å². The summed E-state index contributed by atoms with van der Waals surface area (Å²) in [5.74, 6) is 0. The maximum absolute atomic E-state index is 5.67. The molecule has 67 heavy (non-hydrogen) atoms. The van der Waals surface area contributed by atoms with Crippen molar-refractivity contribution in [3.63, 3.8) is 0 Å². The molecule has 0 radical (unpaired) electrons. The van der Waals surface area contributed by atoms with Crippen LogP contribution in [0.5, 0.6) is 0 Å². The van der Waals surface area contributed by atoms with Crippen molar-refractivity contribution in [3.05, 3.63) is 59.5 Å². The number of rotatable bonds is 26. The Labute approximate surface area is 498 Å². The van der Waals surface area contributed by atoms with E-state index in [9.17, 15) is 0 Å². The van der Waals surface area contributed by atoms with E-state index in [-0.39, 0.29) is 18.9 Å². The molecule has 380 valence electrons. The van der Waals surface area contributed by atoms with Crippen LogP contribution in [0.15, 0.2) is 25.5 Å². The second-order valence-corrected chi connectivity index (χ2v) is 42.6. The van der Waals surface area contributed by atoms with Gasteiger partial charge in [0, 0.05) is 22.8 Å². The zero-order valence-corrected chi connectivity index (χ0v) is 59.5. The van der Waals surface area contributed by atoms with Crippen molar-refractivity contribution in [2.75, 3.05) is 0 Å². The number of hydrogen-bond acceptors (Lipinski definition) is 4. The molecule has 0 spiro atoms. The van der Waals surface area contributed by atoms with Gasteiger partial charge in [0.15, 0.2) is 0 Å². The van der Waals surface area contributed by atoms with E-state index in [1.165, 1.54) is 208 Å². The van der Waals surface area contributed by atoms with Gasteiger partial charge in [0.25, 0.3) is 0 Å². The molecule has 0 aliphatic carbocycles. The van der Waals surface area contributed by atoms with Crippen LogP contribution in [0.4, 0.5) is 0 Å². The molecule has 0 amide bonds. The quantitative estimate of drug-likeness (QED) is 0.0254. The monoisotopic (exact) mass is 1420 g/mol. The number of halogens is 7. The van der Waals surface area contributed by atoms with E-state index >= 15 is 0 Å². The maximum Gasteiger partial charge on any atom is 1.00 e. The topological polar surface area (TPSA) is 0 Å². The summed E-state index contributed by atoms with van der Waals surface area (Å²) in [5.41, 5.74) is 5.72. The minimum Gasteiger partial charge on any atom is -0.343 e. The molecule has 0 aliphatic heterocycles. The molecule has 14 heteroatoms. The smallest absolute Gasteiger partial charge is 0.343 e. The van der Waals surface area contributed by atoms with E-state index in [0.717, 1.165) is 12.8 Å². The molecule has 0 unspecified atom stereocenters. The minimum atomic E-state index is -1.36. The van der Waals surface area contributed by atoms with Crippen molar-refractivity contribution in [2.45, 2.75) is 235 Å². The van der Waals surface area contributed by atoms with Crippen molar-refractivity contribution in [1.82, 2.24) is 0 Å². The Morgan fingerprint density at radius 1 is 0.433 bits per heavy atom. The normalized spacial score (nSPS) is 11.4. The molecule has 0 atom stereocenters. The molecular formula is C53H86Br6ClLiS4Si2. The molecule has 0 saturated carbocycles. The minimum absolute atomic E-state index is 0. The van der Waals surface area contributed by atoms with Gasteiger partial charge in [-0.15, -0.1) is 45.3 Å². The second-order valence-electron chi connectivity index (χ2n) is 19.7. The summed E-state index contributed by atoms with van der Waals surface area (Å²) in [5, 5.41) is 0. The van der Waals surface area contributed by atoms with Crippen LogP contribution in [-0.4, -0.2) is 15.5 Å². The van der Waals surface area contributed by atoms with E-state index < -0.39 is 15.5 Å². The van der Waals surface area contributed by atoms with Crippen LogP contribution in [0.3, 0.4) is 0 Å². The zero-order valence-electron chi connectivity index (χ0n) is 44.0. The SMILES string of the molecule is CCCCCCCCCCCCc1c(Br)sc(-c2sc(Br)c(C)c2Br)c1Br.CCCCCCCCCCCCc1c([Si](C)(C)C)sc(-c2sc(C)c(C)c2Br)c1Br.C[Si](C)(C)Cl.[CH2-]CCC.[Li+]. The molecule has 4 aromatic heterocycles. The Bertz CT molecular complexity index is 1920. The standard InChI is InChI=1S/C25H40Br2S2Si.C21H28Br4S2.C4H9.C3H9ClSi.Li/c1-7-8-9-10-11-12-13-14-15-16-17-20-22(27)24(29-25(20)30(4,5)6)23-21(26)18(2)19(3)28-23;1-3-4-5-6-7-8-9-10-11-12-13-15-17(23)19(27-21(15)25)18-16(22)14(2)20(24)26-18;1-3-4-2;1-5(2,3)4;/h7-17H2,1-6H3;3-13H2,1-2H3;1,3-4H2,2H3;1-3H3;/q;;-1;;+1. The Morgan fingerprint density at radius 3 is 1.09 bits per heavy atom. The average Bonchev–Trinajstić information content (AvgIpc) is 3.91. The van der Waals surface area contributed by atoms with Crippen molar-refractivity contribution >= 4 is 172 Å². The number of aryl methyl sites for hydroxylation is 1. The maximum atomic E-state index is 5.67. The van der Waals surface area contributed by atoms with Gasteiger partial charge in [-0.2, -0.15) is 17.5 Å². The Morgan fingerprint density at radius 2 is 0.746 bits per heavy atom. The van der Waals surface area contributed by atoms with E-state index in [2.05, 4.69) is 195 Å². The van der Waals surface area contributed by atoms with Crippen LogP contribution in [0.1, 0.15) is 189 Å². The van der Waals surface area contributed by atoms with Crippen LogP contribution in [-0.2, 0) is 12.8 Å². The third-order valence-electron chi connectivity index (χ3n) is 11.2. The predicted molar refractivity (Wildman–Crippen MR) is 339 cm³/mol. The fourth-order valence-corrected chi connectivity index (χ4v) is 20.4. The molecule has 0 aliphatic rings. The van der Waals surface area contributed by atoms with Crippen molar-refractivity contribution < 1.29 is 18.9 Å². The van der Waals surface area contributed by atoms with E-state index in [1.54, 1.807) is 21.4 Å². The molecular weight excluding hydrogens is 1340 g/mol. The van der Waals surface area contributed by atoms with Gasteiger partial charge < -0.3 is 6.92 Å². The molecule has 0 aromatic carbocycles. The molecule has 0 bridgehead atoms. The summed E-state index contributed by atoms with van der Waals surface area (Å²) < 4.78 is 9.31. The summed E-state index contributed by atoms with van der Waals surface area (Å²) in [6.07, 6.45) is 32.5. The van der Waals surface area contributed by atoms with Crippen LogP contribution in [0.25, 0.3) is 19.5 Å². The Balaban J connectivity index is 0.00000109. The zero-order chi connectivity index (χ0) is 50.0. The van der Waals surface area contributed by atoms with Gasteiger partial charge in [-0.25, -0.2) is 0 Å². The summed E-state index contributed by atoms with van der Waals surface area (Å²) in [7, 11) is -2.50. The summed E-state index contributed by atoms with van der Waals surface area (Å²) in [6, 6.07) is 0. The first-order valence-corrected chi connectivity index (χ1v) is 41.1. The first-order chi connectivity index (χ1) is 31.1. The van der Waals surface area contributed by atoms with Gasteiger partial charge in [0.2, 0.25) is 0 Å². The van der Waals surface area contributed by atoms with Crippen molar-refractivity contribution in [2.24, 2.45) is 0 Å². The molecule has 4 heterocycles. The van der Waals surface area contributed by atoms with E-state index in [1.807, 2.05) is 22.7 Å². The third-order valence-corrected chi connectivity index (χ3v) is 26.5. The summed E-state index contributed by atoms with van der Waals surface area (Å²) in [6.45, 7) is 30.7. The molecule has 4 aromatic rings. The van der Waals surface area contributed by atoms with Crippen molar-refractivity contribution in [1.29, 1.82) is 0 Å². The average molecular weight is 1430 g/mol. The number of unbranched alkanes of at least 4 members (excludes halogenated alkanes) is 19. The molecule has 0 fully saturated rings. The van der Waals surface area contributed by atoms with E-state index in [0.29, 0.717) is 0 Å². The molecule has 0 nitrogen and oxygen atoms in total. The number of hydrogen-bond donors (Lipinski definition) is 0. The van der Waals surface area contributed by atoms with E-state index in [4.69, 9.17) is 11.1 Å². The summed E-state index contributed by atoms with van der Waals surface area (Å²) in [4.78, 5) is 6.92. The largest absolute Gasteiger partial charge is 1.00 e. The molecule has 0 saturated heterocycles. The third kappa shape index (κ3) is 27.6. The van der Waals surface area contributed by atoms with Crippen molar-refractivity contribution in [3.8, 4) is 19.5 Å². The van der Waals surface area contributed by atoms with Gasteiger partial charge in [-0.1, -0.05) is 182 Å². The Hall–Kier alpha value is 3.00. The fraction of sp³-hybridized carbons (Fsp3) is 0.679. The van der Waals surface area contributed by atoms with Crippen LogP contribution in [0.2, 0.25) is 39.3 Å². The molecule has 0 N–H and O–H groups in total. The van der Waals surface area contributed by atoms with Crippen LogP contribution in [0, 0.1) is 27.7 Å². The van der Waals surface area contributed by atoms with Gasteiger partial charge in [-0.05, 0) is 169 Å². The number of thiophene rings is 4. The van der Waals surface area contributed by atoms with Gasteiger partial charge in [0.1, 0.15) is 7.38 Å². The van der Waals surface area contributed by atoms with Gasteiger partial charge in [-0.3, -0.25) is 0 Å². The Kier molecular flexibility index (Phi) is 40.3. The first-order valence-electron chi connectivity index (χ1n) is 25.0. The molecule has 4 rings (SSSR count).